The van der Waals surface area contributed by atoms with Crippen LogP contribution < -0.4 is 4.90 Å². The highest BCUT2D eigenvalue weighted by Crippen LogP contribution is 2.52. The summed E-state index contributed by atoms with van der Waals surface area (Å²) in [5.74, 6) is 0. The Bertz CT molecular complexity index is 3770. The highest BCUT2D eigenvalue weighted by molar-refractivity contribution is 7.27. The van der Waals surface area contributed by atoms with Gasteiger partial charge in [-0.3, -0.25) is 0 Å². The van der Waals surface area contributed by atoms with Gasteiger partial charge in [0.25, 0.3) is 0 Å². The Hall–Kier alpha value is -6.24. The Morgan fingerprint density at radius 1 is 0.600 bits per heavy atom. The molecule has 2 aliphatic rings. The number of hydrogen-bond donors (Lipinski definition) is 0. The zero-order chi connectivity index (χ0) is 40.0. The van der Waals surface area contributed by atoms with Crippen molar-refractivity contribution in [2.24, 2.45) is 0 Å². The van der Waals surface area contributed by atoms with Gasteiger partial charge in [0.2, 0.25) is 0 Å². The summed E-state index contributed by atoms with van der Waals surface area (Å²) in [5.41, 5.74) is 14.3. The van der Waals surface area contributed by atoms with Crippen LogP contribution in [0.3, 0.4) is 0 Å². The third-order valence-electron chi connectivity index (χ3n) is 13.4. The van der Waals surface area contributed by atoms with Gasteiger partial charge in [-0.2, -0.15) is 0 Å². The van der Waals surface area contributed by atoms with Gasteiger partial charge >= 0.3 is 0 Å². The van der Waals surface area contributed by atoms with Gasteiger partial charge in [-0.05, 0) is 121 Å². The standard InChI is InChI=1S/C55H38N2S3/c1-5-50-31(3)32(4)54(59-50)42-28-48-44(24-30(42)2)36-12-6-9-15-46(36)56(48)34-19-22-39-40-23-20-35(27-53(40)58-52(39)26-34)57-47-16-10-7-13-37(47)45-25-33-18-21-41-38-14-8-11-17-51(38)60-55(41)43(33)29-49(45)57/h5-14,16-29,46H,1,15H2,2-4H3. The molecule has 1 aliphatic carbocycles. The lowest BCUT2D eigenvalue weighted by atomic mass is 9.93. The second-order valence-electron chi connectivity index (χ2n) is 16.6. The summed E-state index contributed by atoms with van der Waals surface area (Å²) < 4.78 is 7.82. The minimum Gasteiger partial charge on any atom is -0.333 e. The van der Waals surface area contributed by atoms with Crippen LogP contribution in [0.4, 0.5) is 11.4 Å². The molecular weight excluding hydrogens is 785 g/mol. The van der Waals surface area contributed by atoms with Crippen molar-refractivity contribution in [3.05, 3.63) is 173 Å². The van der Waals surface area contributed by atoms with Gasteiger partial charge in [-0.1, -0.05) is 91.5 Å². The molecule has 13 rings (SSSR count). The summed E-state index contributed by atoms with van der Waals surface area (Å²) in [4.78, 5) is 5.23. The van der Waals surface area contributed by atoms with Crippen LogP contribution in [-0.4, -0.2) is 10.6 Å². The Morgan fingerprint density at radius 2 is 1.35 bits per heavy atom. The Morgan fingerprint density at radius 3 is 2.18 bits per heavy atom. The van der Waals surface area contributed by atoms with E-state index in [1.165, 1.54) is 133 Å². The molecule has 0 radical (unpaired) electrons. The molecule has 0 saturated carbocycles. The molecule has 0 fully saturated rings. The molecule has 0 N–H and O–H groups in total. The van der Waals surface area contributed by atoms with Crippen LogP contribution in [0.15, 0.2) is 146 Å². The van der Waals surface area contributed by atoms with Crippen LogP contribution >= 0.6 is 34.0 Å². The van der Waals surface area contributed by atoms with Crippen LogP contribution in [0.2, 0.25) is 0 Å². The maximum absolute atomic E-state index is 4.12. The summed E-state index contributed by atoms with van der Waals surface area (Å²) in [5, 5.41) is 10.5. The van der Waals surface area contributed by atoms with E-state index in [-0.39, 0.29) is 6.04 Å². The van der Waals surface area contributed by atoms with Crippen LogP contribution in [0.25, 0.3) is 101 Å². The highest BCUT2D eigenvalue weighted by atomic mass is 32.1. The molecule has 5 heterocycles. The maximum Gasteiger partial charge on any atom is 0.0632 e. The molecule has 0 spiro atoms. The molecule has 1 aliphatic heterocycles. The van der Waals surface area contributed by atoms with E-state index in [4.69, 9.17) is 0 Å². The van der Waals surface area contributed by atoms with E-state index in [1.807, 2.05) is 40.1 Å². The molecule has 60 heavy (non-hydrogen) atoms. The summed E-state index contributed by atoms with van der Waals surface area (Å²) in [6.45, 7) is 10.9. The monoisotopic (exact) mass is 822 g/mol. The second-order valence-corrected chi connectivity index (χ2v) is 19.7. The van der Waals surface area contributed by atoms with Crippen molar-refractivity contribution in [1.29, 1.82) is 0 Å². The quantitative estimate of drug-likeness (QED) is 0.172. The first-order valence-electron chi connectivity index (χ1n) is 20.7. The van der Waals surface area contributed by atoms with Crippen molar-refractivity contribution in [3.63, 3.8) is 0 Å². The number of fused-ring (bicyclic) bond motifs is 14. The number of nitrogens with zero attached hydrogens (tertiary/aromatic N) is 2. The van der Waals surface area contributed by atoms with Crippen LogP contribution in [0.5, 0.6) is 0 Å². The van der Waals surface area contributed by atoms with Gasteiger partial charge in [0.15, 0.2) is 0 Å². The lowest BCUT2D eigenvalue weighted by molar-refractivity contribution is 0.830. The molecule has 286 valence electrons. The molecule has 0 bridgehead atoms. The number of para-hydroxylation sites is 1. The number of thiophene rings is 3. The van der Waals surface area contributed by atoms with E-state index in [2.05, 4.69) is 176 Å². The van der Waals surface area contributed by atoms with Crippen molar-refractivity contribution in [2.75, 3.05) is 4.90 Å². The fraction of sp³-hybridized carbons (Fsp3) is 0.0909. The molecule has 1 atom stereocenters. The third kappa shape index (κ3) is 4.74. The Kier molecular flexibility index (Phi) is 7.29. The summed E-state index contributed by atoms with van der Waals surface area (Å²) >= 11 is 5.68. The largest absolute Gasteiger partial charge is 0.333 e. The van der Waals surface area contributed by atoms with Crippen molar-refractivity contribution in [2.45, 2.75) is 33.2 Å². The average molecular weight is 823 g/mol. The third-order valence-corrected chi connectivity index (χ3v) is 17.2. The van der Waals surface area contributed by atoms with Gasteiger partial charge in [0.1, 0.15) is 0 Å². The van der Waals surface area contributed by atoms with Gasteiger partial charge in [-0.15, -0.1) is 34.0 Å². The predicted molar refractivity (Wildman–Crippen MR) is 266 cm³/mol. The number of allylic oxidation sites excluding steroid dienone is 2. The van der Waals surface area contributed by atoms with Crippen molar-refractivity contribution in [3.8, 4) is 16.1 Å². The van der Waals surface area contributed by atoms with E-state index < -0.39 is 0 Å². The molecule has 7 aromatic carbocycles. The molecule has 0 saturated heterocycles. The zero-order valence-electron chi connectivity index (χ0n) is 33.5. The smallest absolute Gasteiger partial charge is 0.0632 e. The SMILES string of the molecule is C=Cc1sc(-c2cc3c(cc2C)C2=CC=CCC2N3c2ccc3c(c2)sc2cc(-n4c5ccccc5c5cc6ccc7c8ccccc8sc7c6cc54)ccc23)c(C)c1C. The van der Waals surface area contributed by atoms with Crippen molar-refractivity contribution >= 4 is 130 Å². The predicted octanol–water partition coefficient (Wildman–Crippen LogP) is 16.8. The first-order chi connectivity index (χ1) is 29.4. The van der Waals surface area contributed by atoms with Crippen LogP contribution in [0.1, 0.15) is 33.6 Å². The minimum atomic E-state index is 0.271. The van der Waals surface area contributed by atoms with E-state index in [0.717, 1.165) is 6.42 Å². The minimum absolute atomic E-state index is 0.271. The van der Waals surface area contributed by atoms with E-state index in [9.17, 15) is 0 Å². The topological polar surface area (TPSA) is 8.17 Å². The highest BCUT2D eigenvalue weighted by Gasteiger charge is 2.36. The first kappa shape index (κ1) is 34.6. The van der Waals surface area contributed by atoms with E-state index >= 15 is 0 Å². The first-order valence-corrected chi connectivity index (χ1v) is 23.2. The molecule has 11 aromatic rings. The molecule has 1 unspecified atom stereocenters. The lowest BCUT2D eigenvalue weighted by Crippen LogP contribution is -2.27. The molecular formula is C55H38N2S3. The van der Waals surface area contributed by atoms with Crippen LogP contribution in [0, 0.1) is 20.8 Å². The number of hydrogen-bond acceptors (Lipinski definition) is 4. The van der Waals surface area contributed by atoms with Gasteiger partial charge < -0.3 is 9.47 Å². The van der Waals surface area contributed by atoms with Crippen LogP contribution in [-0.2, 0) is 0 Å². The van der Waals surface area contributed by atoms with Crippen molar-refractivity contribution < 1.29 is 0 Å². The van der Waals surface area contributed by atoms with Gasteiger partial charge in [0, 0.05) is 83.2 Å². The molecule has 0 amide bonds. The Labute approximate surface area is 359 Å². The van der Waals surface area contributed by atoms with Gasteiger partial charge in [-0.25, -0.2) is 0 Å². The van der Waals surface area contributed by atoms with Gasteiger partial charge in [0.05, 0.1) is 22.8 Å². The fourth-order valence-electron chi connectivity index (χ4n) is 10.4. The summed E-state index contributed by atoms with van der Waals surface area (Å²) in [6.07, 6.45) is 9.90. The average Bonchev–Trinajstić information content (AvgIpc) is 4.07. The fourth-order valence-corrected chi connectivity index (χ4v) is 14.0. The lowest BCUT2D eigenvalue weighted by Gasteiger charge is -2.29. The van der Waals surface area contributed by atoms with E-state index in [0.29, 0.717) is 0 Å². The van der Waals surface area contributed by atoms with Crippen molar-refractivity contribution in [1.82, 2.24) is 4.57 Å². The zero-order valence-corrected chi connectivity index (χ0v) is 35.9. The molecule has 4 aromatic heterocycles. The number of anilines is 2. The maximum atomic E-state index is 4.12. The number of aryl methyl sites for hydroxylation is 1. The second kappa shape index (κ2) is 12.6. The molecule has 5 heteroatoms. The van der Waals surface area contributed by atoms with E-state index in [1.54, 1.807) is 0 Å². The normalized spacial score (nSPS) is 15.1. The molecule has 2 nitrogen and oxygen atoms in total. The number of benzene rings is 7. The Balaban J connectivity index is 0.965. The number of rotatable bonds is 4. The number of aromatic nitrogens is 1. The summed E-state index contributed by atoms with van der Waals surface area (Å²) in [7, 11) is 0. The summed E-state index contributed by atoms with van der Waals surface area (Å²) in [6, 6.07) is 46.7.